The number of hydrogen-bond donors (Lipinski definition) is 1. The van der Waals surface area contributed by atoms with Crippen molar-refractivity contribution in [3.8, 4) is 0 Å². The van der Waals surface area contributed by atoms with Crippen molar-refractivity contribution in [3.05, 3.63) is 51.5 Å². The van der Waals surface area contributed by atoms with Crippen molar-refractivity contribution in [2.75, 3.05) is 13.1 Å². The summed E-state index contributed by atoms with van der Waals surface area (Å²) >= 11 is 1.41. The van der Waals surface area contributed by atoms with Crippen LogP contribution in [0.25, 0.3) is 0 Å². The minimum Gasteiger partial charge on any atom is -0.481 e. The summed E-state index contributed by atoms with van der Waals surface area (Å²) in [6.45, 7) is 4.52. The van der Waals surface area contributed by atoms with E-state index < -0.39 is 11.9 Å². The molecule has 1 fully saturated rings. The lowest BCUT2D eigenvalue weighted by atomic mass is 9.89. The molecule has 1 N–H and O–H groups in total. The van der Waals surface area contributed by atoms with E-state index in [1.807, 2.05) is 44.2 Å². The molecule has 0 bridgehead atoms. The molecule has 1 aliphatic heterocycles. The van der Waals surface area contributed by atoms with Gasteiger partial charge in [0.1, 0.15) is 4.88 Å². The van der Waals surface area contributed by atoms with Gasteiger partial charge in [0.15, 0.2) is 0 Å². The van der Waals surface area contributed by atoms with E-state index in [4.69, 9.17) is 0 Å². The lowest BCUT2D eigenvalue weighted by Crippen LogP contribution is -2.29. The minimum absolute atomic E-state index is 0.102. The summed E-state index contributed by atoms with van der Waals surface area (Å²) in [5.74, 6) is -1.70. The van der Waals surface area contributed by atoms with Crippen LogP contribution >= 0.6 is 11.3 Å². The molecule has 1 amide bonds. The average molecular weight is 344 g/mol. The van der Waals surface area contributed by atoms with Gasteiger partial charge in [0.2, 0.25) is 0 Å². The summed E-state index contributed by atoms with van der Waals surface area (Å²) in [4.78, 5) is 31.2. The number of rotatable bonds is 4. The van der Waals surface area contributed by atoms with Gasteiger partial charge in [-0.3, -0.25) is 9.59 Å². The Hall–Kier alpha value is -2.21. The molecule has 1 saturated heterocycles. The van der Waals surface area contributed by atoms with Crippen LogP contribution in [0.2, 0.25) is 0 Å². The third-order valence-corrected chi connectivity index (χ3v) is 5.78. The number of aromatic nitrogens is 1. The molecule has 24 heavy (non-hydrogen) atoms. The number of carbonyl (C=O) groups is 2. The van der Waals surface area contributed by atoms with Crippen molar-refractivity contribution < 1.29 is 14.7 Å². The zero-order valence-electron chi connectivity index (χ0n) is 13.7. The van der Waals surface area contributed by atoms with Crippen LogP contribution in [0.5, 0.6) is 0 Å². The van der Waals surface area contributed by atoms with Crippen molar-refractivity contribution in [2.45, 2.75) is 26.2 Å². The Labute approximate surface area is 145 Å². The van der Waals surface area contributed by atoms with Crippen LogP contribution in [0.1, 0.15) is 38.8 Å². The van der Waals surface area contributed by atoms with Gasteiger partial charge >= 0.3 is 5.97 Å². The topological polar surface area (TPSA) is 70.5 Å². The summed E-state index contributed by atoms with van der Waals surface area (Å²) in [6, 6.07) is 9.58. The van der Waals surface area contributed by atoms with Crippen molar-refractivity contribution in [2.24, 2.45) is 5.92 Å². The van der Waals surface area contributed by atoms with Gasteiger partial charge in [0, 0.05) is 19.0 Å². The molecule has 1 aromatic carbocycles. The van der Waals surface area contributed by atoms with Crippen molar-refractivity contribution in [1.82, 2.24) is 9.88 Å². The molecule has 0 spiro atoms. The molecule has 0 aliphatic carbocycles. The molecule has 2 heterocycles. The van der Waals surface area contributed by atoms with E-state index in [0.29, 0.717) is 11.4 Å². The van der Waals surface area contributed by atoms with Crippen LogP contribution in [-0.4, -0.2) is 40.0 Å². The molecular weight excluding hydrogens is 324 g/mol. The highest BCUT2D eigenvalue weighted by Gasteiger charge is 2.41. The van der Waals surface area contributed by atoms with Crippen LogP contribution in [0.4, 0.5) is 0 Å². The highest BCUT2D eigenvalue weighted by Crippen LogP contribution is 2.34. The maximum absolute atomic E-state index is 12.8. The summed E-state index contributed by atoms with van der Waals surface area (Å²) in [5.41, 5.74) is 1.70. The predicted octanol–water partition coefficient (Wildman–Crippen LogP) is 2.95. The molecule has 3 rings (SSSR count). The molecule has 2 atom stereocenters. The molecule has 1 aromatic heterocycles. The number of thiazole rings is 1. The van der Waals surface area contributed by atoms with Gasteiger partial charge in [-0.25, -0.2) is 4.98 Å². The van der Waals surface area contributed by atoms with E-state index in [9.17, 15) is 14.7 Å². The Balaban J connectivity index is 1.86. The third-order valence-electron chi connectivity index (χ3n) is 4.49. The molecule has 6 heteroatoms. The highest BCUT2D eigenvalue weighted by atomic mass is 32.1. The normalized spacial score (nSPS) is 20.3. The third kappa shape index (κ3) is 3.06. The molecule has 2 aromatic rings. The van der Waals surface area contributed by atoms with Crippen LogP contribution < -0.4 is 0 Å². The van der Waals surface area contributed by atoms with Crippen LogP contribution in [0.15, 0.2) is 30.3 Å². The summed E-state index contributed by atoms with van der Waals surface area (Å²) in [5, 5.41) is 10.5. The van der Waals surface area contributed by atoms with E-state index in [-0.39, 0.29) is 18.4 Å². The zero-order chi connectivity index (χ0) is 17.3. The first kappa shape index (κ1) is 16.6. The fourth-order valence-corrected chi connectivity index (χ4v) is 4.18. The van der Waals surface area contributed by atoms with Gasteiger partial charge in [-0.05, 0) is 18.9 Å². The number of carboxylic acids is 1. The van der Waals surface area contributed by atoms with Crippen molar-refractivity contribution in [1.29, 1.82) is 0 Å². The summed E-state index contributed by atoms with van der Waals surface area (Å²) in [7, 11) is 0. The Kier molecular flexibility index (Phi) is 4.66. The number of carbonyl (C=O) groups excluding carboxylic acids is 1. The van der Waals surface area contributed by atoms with Crippen molar-refractivity contribution in [3.63, 3.8) is 0 Å². The van der Waals surface area contributed by atoms with Gasteiger partial charge in [-0.15, -0.1) is 11.3 Å². The number of amides is 1. The second kappa shape index (κ2) is 6.73. The fourth-order valence-electron chi connectivity index (χ4n) is 3.20. The molecule has 0 saturated carbocycles. The number of hydrogen-bond acceptors (Lipinski definition) is 4. The lowest BCUT2D eigenvalue weighted by molar-refractivity contribution is -0.141. The van der Waals surface area contributed by atoms with E-state index in [1.54, 1.807) is 4.90 Å². The van der Waals surface area contributed by atoms with E-state index >= 15 is 0 Å². The van der Waals surface area contributed by atoms with E-state index in [2.05, 4.69) is 4.98 Å². The second-order valence-electron chi connectivity index (χ2n) is 6.05. The standard InChI is InChI=1S/C18H20N2O3S/c1-3-15-19-11(2)16(24-15)17(21)20-9-13(14(10-20)18(22)23)12-7-5-4-6-8-12/h4-8,13-14H,3,9-10H2,1-2H3,(H,22,23). The first-order chi connectivity index (χ1) is 11.5. The summed E-state index contributed by atoms with van der Waals surface area (Å²) in [6.07, 6.45) is 0.795. The molecular formula is C18H20N2O3S. The quantitative estimate of drug-likeness (QED) is 0.926. The van der Waals surface area contributed by atoms with Gasteiger partial charge in [0.25, 0.3) is 5.91 Å². The van der Waals surface area contributed by atoms with E-state index in [1.165, 1.54) is 11.3 Å². The Morgan fingerprint density at radius 1 is 1.29 bits per heavy atom. The lowest BCUT2D eigenvalue weighted by Gasteiger charge is -2.16. The molecule has 126 valence electrons. The Morgan fingerprint density at radius 2 is 2.00 bits per heavy atom. The fraction of sp³-hybridized carbons (Fsp3) is 0.389. The SMILES string of the molecule is CCc1nc(C)c(C(=O)N2CC(C(=O)O)C(c3ccccc3)C2)s1. The number of aryl methyl sites for hydroxylation is 2. The first-order valence-corrected chi connectivity index (χ1v) is 8.86. The summed E-state index contributed by atoms with van der Waals surface area (Å²) < 4.78 is 0. The second-order valence-corrected chi connectivity index (χ2v) is 7.13. The van der Waals surface area contributed by atoms with Crippen LogP contribution in [-0.2, 0) is 11.2 Å². The molecule has 1 aliphatic rings. The van der Waals surface area contributed by atoms with Crippen LogP contribution in [0.3, 0.4) is 0 Å². The predicted molar refractivity (Wildman–Crippen MR) is 92.4 cm³/mol. The molecule has 5 nitrogen and oxygen atoms in total. The van der Waals surface area contributed by atoms with Gasteiger partial charge < -0.3 is 10.0 Å². The zero-order valence-corrected chi connectivity index (χ0v) is 14.5. The van der Waals surface area contributed by atoms with Gasteiger partial charge in [-0.1, -0.05) is 37.3 Å². The molecule has 2 unspecified atom stereocenters. The maximum Gasteiger partial charge on any atom is 0.308 e. The van der Waals surface area contributed by atoms with E-state index in [0.717, 1.165) is 22.7 Å². The molecule has 0 radical (unpaired) electrons. The maximum atomic E-state index is 12.8. The number of likely N-dealkylation sites (tertiary alicyclic amines) is 1. The van der Waals surface area contributed by atoms with Crippen LogP contribution in [0, 0.1) is 12.8 Å². The smallest absolute Gasteiger partial charge is 0.308 e. The minimum atomic E-state index is -0.852. The monoisotopic (exact) mass is 344 g/mol. The first-order valence-electron chi connectivity index (χ1n) is 8.04. The van der Waals surface area contributed by atoms with Gasteiger partial charge in [-0.2, -0.15) is 0 Å². The Morgan fingerprint density at radius 3 is 2.58 bits per heavy atom. The largest absolute Gasteiger partial charge is 0.481 e. The van der Waals surface area contributed by atoms with Gasteiger partial charge in [0.05, 0.1) is 16.6 Å². The average Bonchev–Trinajstić information content (AvgIpc) is 3.19. The number of carboxylic acid groups (broad SMARTS) is 1. The highest BCUT2D eigenvalue weighted by molar-refractivity contribution is 7.13. The Bertz CT molecular complexity index is 757. The van der Waals surface area contributed by atoms with Crippen molar-refractivity contribution >= 4 is 23.2 Å². The number of benzene rings is 1. The number of aliphatic carboxylic acids is 1. The number of nitrogens with zero attached hydrogens (tertiary/aromatic N) is 2.